The first kappa shape index (κ1) is 10.3. The number of halogens is 1. The molecule has 0 fully saturated rings. The molecule has 0 N–H and O–H groups in total. The summed E-state index contributed by atoms with van der Waals surface area (Å²) in [5, 5.41) is 0. The van der Waals surface area contributed by atoms with Crippen molar-refractivity contribution in [2.24, 2.45) is 0 Å². The largest absolute Gasteiger partial charge is 0.604 e. The zero-order chi connectivity index (χ0) is 9.30. The van der Waals surface area contributed by atoms with Crippen molar-refractivity contribution >= 4 is 29.6 Å². The van der Waals surface area contributed by atoms with E-state index in [-0.39, 0.29) is 0 Å². The van der Waals surface area contributed by atoms with Crippen LogP contribution in [-0.2, 0) is 8.35 Å². The van der Waals surface area contributed by atoms with E-state index < -0.39 is 8.35 Å². The fourth-order valence-corrected chi connectivity index (χ4v) is 4.13. The Bertz CT molecular complexity index is 274. The molecular formula is C9H11IOS. The maximum Gasteiger partial charge on any atom is 0.255 e. The first-order valence-corrected chi connectivity index (χ1v) is 7.37. The standard InChI is InChI=1S/C9H11IOS/c1-6-4-7(2)9(12(10)11)8(3)5-6/h4-5H,1-3H3. The molecule has 66 valence electrons. The van der Waals surface area contributed by atoms with Crippen LogP contribution in [0.3, 0.4) is 0 Å². The molecule has 0 saturated heterocycles. The summed E-state index contributed by atoms with van der Waals surface area (Å²) in [6, 6.07) is 4.14. The maximum absolute atomic E-state index is 11.3. The topological polar surface area (TPSA) is 23.1 Å². The van der Waals surface area contributed by atoms with Crippen LogP contribution in [0.15, 0.2) is 17.0 Å². The van der Waals surface area contributed by atoms with E-state index in [0.717, 1.165) is 16.0 Å². The van der Waals surface area contributed by atoms with Gasteiger partial charge in [-0.15, -0.1) is 0 Å². The minimum absolute atomic E-state index is 0.890. The highest BCUT2D eigenvalue weighted by Gasteiger charge is 2.14. The Labute approximate surface area is 88.3 Å². The molecule has 0 bridgehead atoms. The van der Waals surface area contributed by atoms with Crippen LogP contribution in [0.2, 0.25) is 0 Å². The first-order chi connectivity index (χ1) is 5.52. The van der Waals surface area contributed by atoms with Crippen molar-refractivity contribution in [2.45, 2.75) is 25.7 Å². The monoisotopic (exact) mass is 294 g/mol. The molecule has 1 atom stereocenters. The molecule has 0 amide bonds. The molecule has 1 nitrogen and oxygen atoms in total. The summed E-state index contributed by atoms with van der Waals surface area (Å²) < 4.78 is 11.3. The highest BCUT2D eigenvalue weighted by atomic mass is 127. The predicted molar refractivity (Wildman–Crippen MR) is 61.1 cm³/mol. The third kappa shape index (κ3) is 2.14. The van der Waals surface area contributed by atoms with Crippen molar-refractivity contribution in [3.8, 4) is 0 Å². The van der Waals surface area contributed by atoms with Gasteiger partial charge >= 0.3 is 0 Å². The number of hydrogen-bond donors (Lipinski definition) is 0. The molecule has 0 spiro atoms. The van der Waals surface area contributed by atoms with Crippen molar-refractivity contribution in [2.75, 3.05) is 0 Å². The highest BCUT2D eigenvalue weighted by Crippen LogP contribution is 2.26. The van der Waals surface area contributed by atoms with Gasteiger partial charge in [0, 0.05) is 11.1 Å². The minimum atomic E-state index is -0.890. The zero-order valence-corrected chi connectivity index (χ0v) is 10.3. The molecule has 0 saturated carbocycles. The van der Waals surface area contributed by atoms with Crippen LogP contribution in [0.4, 0.5) is 0 Å². The second-order valence-electron chi connectivity index (χ2n) is 2.95. The van der Waals surface area contributed by atoms with Gasteiger partial charge in [-0.05, 0) is 20.8 Å². The van der Waals surface area contributed by atoms with E-state index in [1.807, 2.05) is 35.1 Å². The van der Waals surface area contributed by atoms with Gasteiger partial charge in [0.25, 0.3) is 21.2 Å². The van der Waals surface area contributed by atoms with E-state index >= 15 is 0 Å². The Hall–Kier alpha value is 0.260. The number of hydrogen-bond acceptors (Lipinski definition) is 1. The maximum atomic E-state index is 11.3. The average Bonchev–Trinajstić information content (AvgIpc) is 1.82. The molecule has 1 aromatic rings. The summed E-state index contributed by atoms with van der Waals surface area (Å²) in [4.78, 5) is 0.973. The van der Waals surface area contributed by atoms with Crippen molar-refractivity contribution in [3.63, 3.8) is 0 Å². The van der Waals surface area contributed by atoms with Crippen molar-refractivity contribution in [1.29, 1.82) is 0 Å². The van der Waals surface area contributed by atoms with Crippen molar-refractivity contribution < 1.29 is 4.55 Å². The van der Waals surface area contributed by atoms with Gasteiger partial charge in [0.2, 0.25) is 0 Å². The first-order valence-electron chi connectivity index (χ1n) is 3.68. The van der Waals surface area contributed by atoms with Crippen molar-refractivity contribution in [1.82, 2.24) is 0 Å². The van der Waals surface area contributed by atoms with Gasteiger partial charge in [0.15, 0.2) is 4.90 Å². The molecule has 1 aromatic carbocycles. The summed E-state index contributed by atoms with van der Waals surface area (Å²) >= 11 is 1.94. The molecule has 12 heavy (non-hydrogen) atoms. The summed E-state index contributed by atoms with van der Waals surface area (Å²) in [6.45, 7) is 6.07. The minimum Gasteiger partial charge on any atom is -0.604 e. The molecule has 3 heteroatoms. The van der Waals surface area contributed by atoms with Crippen molar-refractivity contribution in [3.05, 3.63) is 28.8 Å². The fourth-order valence-electron chi connectivity index (χ4n) is 1.42. The number of rotatable bonds is 1. The lowest BCUT2D eigenvalue weighted by atomic mass is 10.1. The Kier molecular flexibility index (Phi) is 3.43. The van der Waals surface area contributed by atoms with Crippen LogP contribution in [0.1, 0.15) is 16.7 Å². The van der Waals surface area contributed by atoms with E-state index in [2.05, 4.69) is 19.1 Å². The average molecular weight is 294 g/mol. The summed E-state index contributed by atoms with van der Waals surface area (Å²) in [5.41, 5.74) is 3.48. The van der Waals surface area contributed by atoms with Crippen LogP contribution in [0, 0.1) is 20.8 Å². The van der Waals surface area contributed by atoms with Gasteiger partial charge in [0.1, 0.15) is 0 Å². The second kappa shape index (κ2) is 3.98. The lowest BCUT2D eigenvalue weighted by molar-refractivity contribution is 0.610. The molecule has 0 aromatic heterocycles. The summed E-state index contributed by atoms with van der Waals surface area (Å²) in [5.74, 6) is 0. The smallest absolute Gasteiger partial charge is 0.255 e. The normalized spacial score (nSPS) is 13.1. The second-order valence-corrected chi connectivity index (χ2v) is 6.21. The van der Waals surface area contributed by atoms with Crippen LogP contribution in [0.25, 0.3) is 0 Å². The van der Waals surface area contributed by atoms with E-state index in [0.29, 0.717) is 0 Å². The van der Waals surface area contributed by atoms with Gasteiger partial charge in [0.05, 0.1) is 8.35 Å². The Balaban J connectivity index is 3.28. The van der Waals surface area contributed by atoms with Gasteiger partial charge in [-0.3, -0.25) is 0 Å². The Morgan fingerprint density at radius 2 is 1.58 bits per heavy atom. The van der Waals surface area contributed by atoms with Gasteiger partial charge in [-0.25, -0.2) is 0 Å². The lowest BCUT2D eigenvalue weighted by Gasteiger charge is -2.08. The molecule has 0 heterocycles. The van der Waals surface area contributed by atoms with Gasteiger partial charge < -0.3 is 4.55 Å². The third-order valence-electron chi connectivity index (χ3n) is 1.77. The molecule has 1 rings (SSSR count). The summed E-state index contributed by atoms with van der Waals surface area (Å²) in [7, 11) is -0.890. The third-order valence-corrected chi connectivity index (χ3v) is 4.05. The molecule has 0 aliphatic heterocycles. The predicted octanol–water partition coefficient (Wildman–Crippen LogP) is 3.07. The quantitative estimate of drug-likeness (QED) is 0.576. The molecular weight excluding hydrogens is 283 g/mol. The molecule has 0 aliphatic carbocycles. The zero-order valence-electron chi connectivity index (χ0n) is 7.35. The van der Waals surface area contributed by atoms with E-state index in [9.17, 15) is 4.55 Å². The van der Waals surface area contributed by atoms with Crippen LogP contribution >= 0.6 is 21.2 Å². The fraction of sp³-hybridized carbons (Fsp3) is 0.333. The van der Waals surface area contributed by atoms with Crippen LogP contribution in [-0.4, -0.2) is 4.55 Å². The van der Waals surface area contributed by atoms with E-state index in [1.54, 1.807) is 0 Å². The van der Waals surface area contributed by atoms with Crippen LogP contribution < -0.4 is 0 Å². The Morgan fingerprint density at radius 1 is 1.17 bits per heavy atom. The lowest BCUT2D eigenvalue weighted by Crippen LogP contribution is -1.98. The van der Waals surface area contributed by atoms with Crippen LogP contribution in [0.5, 0.6) is 0 Å². The number of aryl methyl sites for hydroxylation is 3. The SMILES string of the molecule is Cc1cc(C)c([S+]([O-])I)c(C)c1. The van der Waals surface area contributed by atoms with E-state index in [1.165, 1.54) is 5.56 Å². The molecule has 0 radical (unpaired) electrons. The summed E-state index contributed by atoms with van der Waals surface area (Å²) in [6.07, 6.45) is 0. The highest BCUT2D eigenvalue weighted by molar-refractivity contribution is 14.2. The number of benzene rings is 1. The van der Waals surface area contributed by atoms with Gasteiger partial charge in [-0.2, -0.15) is 0 Å². The Morgan fingerprint density at radius 3 is 1.92 bits per heavy atom. The molecule has 1 unspecified atom stereocenters. The van der Waals surface area contributed by atoms with Gasteiger partial charge in [-0.1, -0.05) is 17.7 Å². The molecule has 0 aliphatic rings. The van der Waals surface area contributed by atoms with E-state index in [4.69, 9.17) is 0 Å².